The number of hydrogen-bond acceptors (Lipinski definition) is 4. The van der Waals surface area contributed by atoms with Gasteiger partial charge in [0.15, 0.2) is 17.3 Å². The number of H-pyrrole nitrogens is 1. The van der Waals surface area contributed by atoms with Crippen molar-refractivity contribution < 1.29 is 14.3 Å². The second kappa shape index (κ2) is 7.27. The number of nitrogens with zero attached hydrogens (tertiary/aromatic N) is 1. The Bertz CT molecular complexity index is 991. The predicted octanol–water partition coefficient (Wildman–Crippen LogP) is 4.63. The Morgan fingerprint density at radius 2 is 1.89 bits per heavy atom. The summed E-state index contributed by atoms with van der Waals surface area (Å²) in [6.07, 6.45) is 2.04. The number of nitrogens with one attached hydrogen (secondary N) is 1. The van der Waals surface area contributed by atoms with E-state index in [0.717, 1.165) is 29.8 Å². The number of aromatic nitrogens is 2. The molecule has 0 saturated carbocycles. The summed E-state index contributed by atoms with van der Waals surface area (Å²) in [5.41, 5.74) is 6.29. The summed E-state index contributed by atoms with van der Waals surface area (Å²) in [5, 5.41) is 7.50. The minimum Gasteiger partial charge on any atom is -0.454 e. The van der Waals surface area contributed by atoms with Crippen LogP contribution in [0, 0.1) is 13.8 Å². The Balaban J connectivity index is 1.35. The number of fused-ring (bicyclic) bond motifs is 1. The van der Waals surface area contributed by atoms with Crippen LogP contribution in [0.15, 0.2) is 42.5 Å². The van der Waals surface area contributed by atoms with Gasteiger partial charge < -0.3 is 9.47 Å². The number of ether oxygens (including phenoxy) is 2. The summed E-state index contributed by atoms with van der Waals surface area (Å²) >= 11 is 0. The average Bonchev–Trinajstić information content (AvgIpc) is 3.32. The smallest absolute Gasteiger partial charge is 0.231 e. The lowest BCUT2D eigenvalue weighted by Crippen LogP contribution is -2.00. The quantitative estimate of drug-likeness (QED) is 0.650. The minimum absolute atomic E-state index is 0.113. The largest absolute Gasteiger partial charge is 0.454 e. The number of benzene rings is 2. The number of ketones is 1. The SMILES string of the molecule is Cc1ccc(-c2cc(CCCC(=O)c3ccc4c(c3)OCO4)[nH]n2)cc1C. The van der Waals surface area contributed by atoms with Crippen LogP contribution >= 0.6 is 0 Å². The molecule has 0 bridgehead atoms. The Morgan fingerprint density at radius 3 is 2.74 bits per heavy atom. The third-order valence-electron chi connectivity index (χ3n) is 4.98. The van der Waals surface area contributed by atoms with Gasteiger partial charge in [-0.2, -0.15) is 5.10 Å². The summed E-state index contributed by atoms with van der Waals surface area (Å²) in [6.45, 7) is 4.43. The van der Waals surface area contributed by atoms with E-state index in [4.69, 9.17) is 9.47 Å². The molecule has 2 aromatic carbocycles. The normalized spacial score (nSPS) is 12.4. The molecule has 1 N–H and O–H groups in total. The summed E-state index contributed by atoms with van der Waals surface area (Å²) in [6, 6.07) is 13.8. The van der Waals surface area contributed by atoms with E-state index in [1.807, 2.05) is 0 Å². The van der Waals surface area contributed by atoms with Crippen molar-refractivity contribution in [2.24, 2.45) is 0 Å². The van der Waals surface area contributed by atoms with Crippen molar-refractivity contribution in [1.82, 2.24) is 10.2 Å². The van der Waals surface area contributed by atoms with Gasteiger partial charge >= 0.3 is 0 Å². The second-order valence-corrected chi connectivity index (χ2v) is 6.92. The molecule has 1 aromatic heterocycles. The molecular formula is C22H22N2O3. The first-order valence-electron chi connectivity index (χ1n) is 9.15. The summed E-state index contributed by atoms with van der Waals surface area (Å²) < 4.78 is 10.6. The number of carbonyl (C=O) groups excluding carboxylic acids is 1. The molecule has 1 aliphatic rings. The third kappa shape index (κ3) is 3.72. The van der Waals surface area contributed by atoms with Crippen LogP contribution < -0.4 is 9.47 Å². The lowest BCUT2D eigenvalue weighted by atomic mass is 10.0. The zero-order valence-electron chi connectivity index (χ0n) is 15.5. The van der Waals surface area contributed by atoms with Crippen LogP contribution in [0.4, 0.5) is 0 Å². The van der Waals surface area contributed by atoms with E-state index in [-0.39, 0.29) is 12.6 Å². The first-order chi connectivity index (χ1) is 13.1. The van der Waals surface area contributed by atoms with Crippen LogP contribution in [-0.4, -0.2) is 22.8 Å². The Morgan fingerprint density at radius 1 is 1.04 bits per heavy atom. The second-order valence-electron chi connectivity index (χ2n) is 6.92. The molecule has 4 rings (SSSR count). The Kier molecular flexibility index (Phi) is 4.67. The van der Waals surface area contributed by atoms with Crippen LogP contribution in [0.1, 0.15) is 40.0 Å². The molecule has 138 valence electrons. The van der Waals surface area contributed by atoms with Gasteiger partial charge in [0.2, 0.25) is 6.79 Å². The molecule has 27 heavy (non-hydrogen) atoms. The number of aromatic amines is 1. The van der Waals surface area contributed by atoms with Gasteiger partial charge in [-0.15, -0.1) is 0 Å². The van der Waals surface area contributed by atoms with Gasteiger partial charge in [0.1, 0.15) is 0 Å². The van der Waals surface area contributed by atoms with Crippen molar-refractivity contribution >= 4 is 5.78 Å². The Hall–Kier alpha value is -3.08. The molecule has 5 nitrogen and oxygen atoms in total. The number of Topliss-reactive ketones (excluding diaryl/α,β-unsaturated/α-hetero) is 1. The highest BCUT2D eigenvalue weighted by Gasteiger charge is 2.16. The van der Waals surface area contributed by atoms with Crippen molar-refractivity contribution in [2.75, 3.05) is 6.79 Å². The fourth-order valence-electron chi connectivity index (χ4n) is 3.19. The average molecular weight is 362 g/mol. The van der Waals surface area contributed by atoms with E-state index in [2.05, 4.69) is 48.3 Å². The van der Waals surface area contributed by atoms with Gasteiger partial charge in [0.25, 0.3) is 0 Å². The lowest BCUT2D eigenvalue weighted by Gasteiger charge is -2.02. The zero-order chi connectivity index (χ0) is 18.8. The highest BCUT2D eigenvalue weighted by Crippen LogP contribution is 2.33. The maximum absolute atomic E-state index is 12.4. The van der Waals surface area contributed by atoms with E-state index < -0.39 is 0 Å². The van der Waals surface area contributed by atoms with E-state index in [0.29, 0.717) is 23.5 Å². The van der Waals surface area contributed by atoms with Gasteiger partial charge in [0.05, 0.1) is 5.69 Å². The van der Waals surface area contributed by atoms with Crippen LogP contribution in [0.2, 0.25) is 0 Å². The minimum atomic E-state index is 0.113. The van der Waals surface area contributed by atoms with E-state index in [1.165, 1.54) is 11.1 Å². The van der Waals surface area contributed by atoms with Crippen molar-refractivity contribution in [3.8, 4) is 22.8 Å². The maximum atomic E-state index is 12.4. The van der Waals surface area contributed by atoms with Gasteiger partial charge in [-0.3, -0.25) is 9.89 Å². The highest BCUT2D eigenvalue weighted by atomic mass is 16.7. The van der Waals surface area contributed by atoms with E-state index in [9.17, 15) is 4.79 Å². The first kappa shape index (κ1) is 17.3. The predicted molar refractivity (Wildman–Crippen MR) is 103 cm³/mol. The van der Waals surface area contributed by atoms with Gasteiger partial charge in [-0.25, -0.2) is 0 Å². The molecule has 0 unspecified atom stereocenters. The summed E-state index contributed by atoms with van der Waals surface area (Å²) in [4.78, 5) is 12.4. The monoisotopic (exact) mass is 362 g/mol. The number of hydrogen-bond donors (Lipinski definition) is 1. The molecule has 0 saturated heterocycles. The fraction of sp³-hybridized carbons (Fsp3) is 0.273. The molecule has 5 heteroatoms. The van der Waals surface area contributed by atoms with E-state index in [1.54, 1.807) is 18.2 Å². The zero-order valence-corrected chi connectivity index (χ0v) is 15.5. The molecule has 0 fully saturated rings. The van der Waals surface area contributed by atoms with Crippen LogP contribution in [0.25, 0.3) is 11.3 Å². The van der Waals surface area contributed by atoms with Crippen molar-refractivity contribution in [3.05, 3.63) is 64.8 Å². The lowest BCUT2D eigenvalue weighted by molar-refractivity contribution is 0.0979. The van der Waals surface area contributed by atoms with E-state index >= 15 is 0 Å². The van der Waals surface area contributed by atoms with Crippen molar-refractivity contribution in [2.45, 2.75) is 33.1 Å². The topological polar surface area (TPSA) is 64.2 Å². The Labute approximate surface area is 158 Å². The molecule has 2 heterocycles. The maximum Gasteiger partial charge on any atom is 0.231 e. The fourth-order valence-corrected chi connectivity index (χ4v) is 3.19. The number of rotatable bonds is 6. The molecule has 0 atom stereocenters. The third-order valence-corrected chi connectivity index (χ3v) is 4.98. The van der Waals surface area contributed by atoms with Crippen molar-refractivity contribution in [1.29, 1.82) is 0 Å². The highest BCUT2D eigenvalue weighted by molar-refractivity contribution is 5.96. The molecule has 0 amide bonds. The first-order valence-corrected chi connectivity index (χ1v) is 9.15. The molecule has 0 spiro atoms. The van der Waals surface area contributed by atoms with Gasteiger partial charge in [0, 0.05) is 23.2 Å². The summed E-state index contributed by atoms with van der Waals surface area (Å²) in [5.74, 6) is 1.46. The molecule has 3 aromatic rings. The van der Waals surface area contributed by atoms with Crippen molar-refractivity contribution in [3.63, 3.8) is 0 Å². The molecule has 0 radical (unpaired) electrons. The van der Waals surface area contributed by atoms with Crippen LogP contribution in [-0.2, 0) is 6.42 Å². The summed E-state index contributed by atoms with van der Waals surface area (Å²) in [7, 11) is 0. The molecule has 0 aliphatic carbocycles. The van der Waals surface area contributed by atoms with Crippen LogP contribution in [0.3, 0.4) is 0 Å². The van der Waals surface area contributed by atoms with Crippen LogP contribution in [0.5, 0.6) is 11.5 Å². The van der Waals surface area contributed by atoms with Gasteiger partial charge in [-0.05, 0) is 68.1 Å². The number of carbonyl (C=O) groups is 1. The molecular weight excluding hydrogens is 340 g/mol. The van der Waals surface area contributed by atoms with Gasteiger partial charge in [-0.1, -0.05) is 12.1 Å². The number of aryl methyl sites for hydroxylation is 3. The standard InChI is InChI=1S/C22H22N2O3/c1-14-6-7-16(10-15(14)2)19-12-18(23-24-19)4-3-5-20(25)17-8-9-21-22(11-17)27-13-26-21/h6-12H,3-5,13H2,1-2H3,(H,23,24). The molecule has 1 aliphatic heterocycles.